The number of amides is 1. The van der Waals surface area contributed by atoms with Gasteiger partial charge in [-0.15, -0.1) is 0 Å². The normalized spacial score (nSPS) is 17.2. The number of benzene rings is 1. The van der Waals surface area contributed by atoms with E-state index in [1.165, 1.54) is 4.70 Å². The largest absolute Gasteiger partial charge is 0.345 e. The fourth-order valence-corrected chi connectivity index (χ4v) is 3.54. The number of carbonyl (C=O) groups is 1. The highest BCUT2D eigenvalue weighted by Crippen LogP contribution is 2.29. The van der Waals surface area contributed by atoms with Gasteiger partial charge in [-0.1, -0.05) is 30.4 Å². The third-order valence-electron chi connectivity index (χ3n) is 3.90. The highest BCUT2D eigenvalue weighted by molar-refractivity contribution is 7.22. The average molecular weight is 304 g/mol. The molecule has 1 unspecified atom stereocenters. The first-order chi connectivity index (χ1) is 10.2. The third kappa shape index (κ3) is 2.87. The predicted octanol–water partition coefficient (Wildman–Crippen LogP) is 1.68. The Balaban J connectivity index is 1.67. The summed E-state index contributed by atoms with van der Waals surface area (Å²) in [6.07, 6.45) is 0.691. The smallest absolute Gasteiger partial charge is 0.239 e. The Morgan fingerprint density at radius 2 is 2.05 bits per heavy atom. The topological polar surface area (TPSA) is 62.5 Å². The monoisotopic (exact) mass is 304 g/mol. The summed E-state index contributed by atoms with van der Waals surface area (Å²) in [5.74, 6) is 0.0708. The Morgan fingerprint density at radius 3 is 2.71 bits per heavy atom. The van der Waals surface area contributed by atoms with Gasteiger partial charge >= 0.3 is 0 Å². The summed E-state index contributed by atoms with van der Waals surface area (Å²) >= 11 is 1.71. The quantitative estimate of drug-likeness (QED) is 0.937. The maximum atomic E-state index is 12.1. The van der Waals surface area contributed by atoms with E-state index in [4.69, 9.17) is 5.73 Å². The highest BCUT2D eigenvalue weighted by atomic mass is 32.1. The molecule has 2 aromatic rings. The van der Waals surface area contributed by atoms with Gasteiger partial charge < -0.3 is 15.5 Å². The van der Waals surface area contributed by atoms with E-state index in [9.17, 15) is 4.79 Å². The van der Waals surface area contributed by atoms with Crippen LogP contribution in [0.5, 0.6) is 0 Å². The molecule has 1 atom stereocenters. The van der Waals surface area contributed by atoms with Crippen LogP contribution >= 0.6 is 11.3 Å². The molecule has 5 nitrogen and oxygen atoms in total. The van der Waals surface area contributed by atoms with Crippen LogP contribution in [0.1, 0.15) is 13.3 Å². The van der Waals surface area contributed by atoms with Crippen molar-refractivity contribution in [3.05, 3.63) is 24.3 Å². The van der Waals surface area contributed by atoms with Crippen molar-refractivity contribution in [2.75, 3.05) is 31.1 Å². The number of para-hydroxylation sites is 1. The number of aromatic nitrogens is 1. The van der Waals surface area contributed by atoms with E-state index in [-0.39, 0.29) is 11.9 Å². The van der Waals surface area contributed by atoms with E-state index in [2.05, 4.69) is 16.0 Å². The lowest BCUT2D eigenvalue weighted by molar-refractivity contribution is -0.132. The Morgan fingerprint density at radius 1 is 1.33 bits per heavy atom. The second-order valence-electron chi connectivity index (χ2n) is 5.29. The van der Waals surface area contributed by atoms with E-state index < -0.39 is 0 Å². The van der Waals surface area contributed by atoms with Crippen molar-refractivity contribution in [1.29, 1.82) is 0 Å². The summed E-state index contributed by atoms with van der Waals surface area (Å²) in [5.41, 5.74) is 6.87. The summed E-state index contributed by atoms with van der Waals surface area (Å²) < 4.78 is 1.21. The molecule has 1 aliphatic rings. The summed E-state index contributed by atoms with van der Waals surface area (Å²) in [4.78, 5) is 20.9. The van der Waals surface area contributed by atoms with Crippen molar-refractivity contribution < 1.29 is 4.79 Å². The Bertz CT molecular complexity index is 600. The van der Waals surface area contributed by atoms with E-state index in [0.717, 1.165) is 36.8 Å². The first-order valence-electron chi connectivity index (χ1n) is 7.34. The molecular weight excluding hydrogens is 284 g/mol. The molecule has 21 heavy (non-hydrogen) atoms. The number of nitrogens with two attached hydrogens (primary N) is 1. The zero-order chi connectivity index (χ0) is 14.8. The zero-order valence-electron chi connectivity index (χ0n) is 12.2. The zero-order valence-corrected chi connectivity index (χ0v) is 13.0. The lowest BCUT2D eigenvalue weighted by Gasteiger charge is -2.35. The molecule has 1 saturated heterocycles. The van der Waals surface area contributed by atoms with Crippen LogP contribution < -0.4 is 10.6 Å². The molecule has 1 aromatic heterocycles. The molecule has 0 bridgehead atoms. The van der Waals surface area contributed by atoms with Crippen LogP contribution in [-0.4, -0.2) is 48.0 Å². The number of hydrogen-bond donors (Lipinski definition) is 1. The standard InChI is InChI=1S/C15H20N4OS/c1-2-11(16)14(20)18-7-9-19(10-8-18)15-17-12-5-3-4-6-13(12)21-15/h3-6,11H,2,7-10,16H2,1H3. The number of anilines is 1. The van der Waals surface area contributed by atoms with Gasteiger partial charge in [0.25, 0.3) is 0 Å². The fraction of sp³-hybridized carbons (Fsp3) is 0.467. The Hall–Kier alpha value is -1.66. The van der Waals surface area contributed by atoms with Crippen LogP contribution in [0.3, 0.4) is 0 Å². The number of hydrogen-bond acceptors (Lipinski definition) is 5. The van der Waals surface area contributed by atoms with Crippen molar-refractivity contribution >= 4 is 32.6 Å². The van der Waals surface area contributed by atoms with Crippen LogP contribution in [0.4, 0.5) is 5.13 Å². The number of rotatable bonds is 3. The van der Waals surface area contributed by atoms with Crippen LogP contribution in [0.25, 0.3) is 10.2 Å². The predicted molar refractivity (Wildman–Crippen MR) is 86.7 cm³/mol. The van der Waals surface area contributed by atoms with Crippen LogP contribution in [0.2, 0.25) is 0 Å². The minimum atomic E-state index is -0.362. The van der Waals surface area contributed by atoms with E-state index >= 15 is 0 Å². The third-order valence-corrected chi connectivity index (χ3v) is 5.00. The van der Waals surface area contributed by atoms with Crippen LogP contribution in [-0.2, 0) is 4.79 Å². The molecule has 2 heterocycles. The second-order valence-corrected chi connectivity index (χ2v) is 6.30. The molecule has 0 radical (unpaired) electrons. The summed E-state index contributed by atoms with van der Waals surface area (Å²) in [6.45, 7) is 5.04. The molecule has 3 rings (SSSR count). The van der Waals surface area contributed by atoms with Gasteiger partial charge in [0.2, 0.25) is 5.91 Å². The highest BCUT2D eigenvalue weighted by Gasteiger charge is 2.25. The maximum Gasteiger partial charge on any atom is 0.239 e. The molecular formula is C15H20N4OS. The maximum absolute atomic E-state index is 12.1. The van der Waals surface area contributed by atoms with Gasteiger partial charge in [0, 0.05) is 26.2 Å². The van der Waals surface area contributed by atoms with E-state index in [0.29, 0.717) is 6.42 Å². The average Bonchev–Trinajstić information content (AvgIpc) is 2.97. The first kappa shape index (κ1) is 14.3. The van der Waals surface area contributed by atoms with Gasteiger partial charge in [0.15, 0.2) is 5.13 Å². The molecule has 1 amide bonds. The van der Waals surface area contributed by atoms with E-state index in [1.54, 1.807) is 11.3 Å². The molecule has 0 aliphatic carbocycles. The van der Waals surface area contributed by atoms with E-state index in [1.807, 2.05) is 30.0 Å². The molecule has 0 saturated carbocycles. The summed E-state index contributed by atoms with van der Waals surface area (Å²) in [5, 5.41) is 1.04. The first-order valence-corrected chi connectivity index (χ1v) is 8.15. The molecule has 6 heteroatoms. The van der Waals surface area contributed by atoms with Gasteiger partial charge in [0.05, 0.1) is 16.3 Å². The fourth-order valence-electron chi connectivity index (χ4n) is 2.52. The summed E-state index contributed by atoms with van der Waals surface area (Å²) in [7, 11) is 0. The van der Waals surface area contributed by atoms with Crippen molar-refractivity contribution in [2.24, 2.45) is 5.73 Å². The van der Waals surface area contributed by atoms with Gasteiger partial charge in [-0.05, 0) is 18.6 Å². The summed E-state index contributed by atoms with van der Waals surface area (Å²) in [6, 6.07) is 7.81. The van der Waals surface area contributed by atoms with Gasteiger partial charge in [-0.2, -0.15) is 0 Å². The number of nitrogens with zero attached hydrogens (tertiary/aromatic N) is 3. The number of carbonyl (C=O) groups excluding carboxylic acids is 1. The molecule has 0 spiro atoms. The number of thiazole rings is 1. The van der Waals surface area contributed by atoms with Crippen molar-refractivity contribution in [1.82, 2.24) is 9.88 Å². The molecule has 1 fully saturated rings. The molecule has 1 aliphatic heterocycles. The Kier molecular flexibility index (Phi) is 4.07. The van der Waals surface area contributed by atoms with Gasteiger partial charge in [-0.25, -0.2) is 4.98 Å². The van der Waals surface area contributed by atoms with Crippen LogP contribution in [0, 0.1) is 0 Å². The van der Waals surface area contributed by atoms with Crippen molar-refractivity contribution in [3.63, 3.8) is 0 Å². The lowest BCUT2D eigenvalue weighted by Crippen LogP contribution is -2.53. The van der Waals surface area contributed by atoms with Crippen LogP contribution in [0.15, 0.2) is 24.3 Å². The SMILES string of the molecule is CCC(N)C(=O)N1CCN(c2nc3ccccc3s2)CC1. The Labute approximate surface area is 128 Å². The number of fused-ring (bicyclic) bond motifs is 1. The molecule has 1 aromatic carbocycles. The van der Waals surface area contributed by atoms with Gasteiger partial charge in [0.1, 0.15) is 0 Å². The minimum absolute atomic E-state index is 0.0708. The number of piperazine rings is 1. The second kappa shape index (κ2) is 5.99. The van der Waals surface area contributed by atoms with Crippen molar-refractivity contribution in [2.45, 2.75) is 19.4 Å². The van der Waals surface area contributed by atoms with Crippen molar-refractivity contribution in [3.8, 4) is 0 Å². The van der Waals surface area contributed by atoms with Gasteiger partial charge in [-0.3, -0.25) is 4.79 Å². The molecule has 112 valence electrons. The molecule has 2 N–H and O–H groups in total. The lowest BCUT2D eigenvalue weighted by atomic mass is 10.2. The minimum Gasteiger partial charge on any atom is -0.345 e.